The first-order chi connectivity index (χ1) is 5.27. The van der Waals surface area contributed by atoms with Crippen LogP contribution in [0.25, 0.3) is 0 Å². The van der Waals surface area contributed by atoms with Gasteiger partial charge in [-0.15, -0.1) is 4.91 Å². The zero-order valence-corrected chi connectivity index (χ0v) is 5.61. The molecule has 0 radical (unpaired) electrons. The SMILES string of the molecule is N#Cc1ccc(N=O)cc1N. The zero-order chi connectivity index (χ0) is 8.27. The van der Waals surface area contributed by atoms with Crippen LogP contribution < -0.4 is 5.73 Å². The lowest BCUT2D eigenvalue weighted by Gasteiger charge is -1.94. The highest BCUT2D eigenvalue weighted by Crippen LogP contribution is 2.18. The summed E-state index contributed by atoms with van der Waals surface area (Å²) in [5.41, 5.74) is 6.26. The number of nitrogens with zero attached hydrogens (tertiary/aromatic N) is 2. The van der Waals surface area contributed by atoms with Gasteiger partial charge < -0.3 is 5.73 Å². The molecule has 11 heavy (non-hydrogen) atoms. The Morgan fingerprint density at radius 2 is 2.27 bits per heavy atom. The topological polar surface area (TPSA) is 79.2 Å². The van der Waals surface area contributed by atoms with Gasteiger partial charge in [0.1, 0.15) is 11.8 Å². The minimum atomic E-state index is 0.238. The fraction of sp³-hybridized carbons (Fsp3) is 0. The van der Waals surface area contributed by atoms with Crippen LogP contribution in [0, 0.1) is 16.2 Å². The van der Waals surface area contributed by atoms with Crippen LogP contribution in [0.15, 0.2) is 23.4 Å². The fourth-order valence-electron chi connectivity index (χ4n) is 0.709. The van der Waals surface area contributed by atoms with E-state index in [1.54, 1.807) is 0 Å². The molecule has 0 heterocycles. The number of nitriles is 1. The van der Waals surface area contributed by atoms with Crippen molar-refractivity contribution < 1.29 is 0 Å². The number of hydrogen-bond acceptors (Lipinski definition) is 4. The second kappa shape index (κ2) is 2.80. The fourth-order valence-corrected chi connectivity index (χ4v) is 0.709. The molecule has 0 saturated carbocycles. The second-order valence-electron chi connectivity index (χ2n) is 1.97. The maximum Gasteiger partial charge on any atom is 0.110 e. The Bertz CT molecular complexity index is 327. The lowest BCUT2D eigenvalue weighted by atomic mass is 10.2. The molecule has 0 aromatic heterocycles. The maximum atomic E-state index is 9.97. The molecular formula is C7H5N3O. The number of rotatable bonds is 1. The van der Waals surface area contributed by atoms with Crippen molar-refractivity contribution in [3.63, 3.8) is 0 Å². The van der Waals surface area contributed by atoms with Gasteiger partial charge in [-0.2, -0.15) is 5.26 Å². The number of nitrogen functional groups attached to an aromatic ring is 1. The molecule has 54 valence electrons. The summed E-state index contributed by atoms with van der Waals surface area (Å²) in [6.45, 7) is 0. The van der Waals surface area contributed by atoms with Crippen LogP contribution in [0.5, 0.6) is 0 Å². The minimum Gasteiger partial charge on any atom is -0.398 e. The van der Waals surface area contributed by atoms with Crippen LogP contribution in [0.1, 0.15) is 5.56 Å². The van der Waals surface area contributed by atoms with E-state index in [0.29, 0.717) is 5.56 Å². The van der Waals surface area contributed by atoms with Gasteiger partial charge in [0, 0.05) is 0 Å². The molecule has 4 nitrogen and oxygen atoms in total. The lowest BCUT2D eigenvalue weighted by molar-refractivity contribution is 1.45. The Labute approximate surface area is 63.2 Å². The van der Waals surface area contributed by atoms with Crippen molar-refractivity contribution in [2.75, 3.05) is 5.73 Å². The normalized spacial score (nSPS) is 8.64. The van der Waals surface area contributed by atoms with E-state index in [4.69, 9.17) is 11.0 Å². The van der Waals surface area contributed by atoms with E-state index in [-0.39, 0.29) is 11.4 Å². The van der Waals surface area contributed by atoms with E-state index in [1.807, 2.05) is 6.07 Å². The van der Waals surface area contributed by atoms with Gasteiger partial charge in [0.15, 0.2) is 0 Å². The van der Waals surface area contributed by atoms with Crippen LogP contribution in [-0.4, -0.2) is 0 Å². The van der Waals surface area contributed by atoms with Crippen LogP contribution in [0.4, 0.5) is 11.4 Å². The quantitative estimate of drug-likeness (QED) is 0.483. The average Bonchev–Trinajstić information content (AvgIpc) is 2.04. The van der Waals surface area contributed by atoms with Gasteiger partial charge in [-0.05, 0) is 23.4 Å². The minimum absolute atomic E-state index is 0.238. The van der Waals surface area contributed by atoms with Gasteiger partial charge in [-0.25, -0.2) is 0 Å². The molecule has 2 N–H and O–H groups in total. The molecule has 0 aliphatic rings. The highest BCUT2D eigenvalue weighted by Gasteiger charge is 1.98. The standard InChI is InChI=1S/C7H5N3O/c8-4-5-1-2-6(10-11)3-7(5)9/h1-3H,9H2. The predicted octanol–water partition coefficient (Wildman–Crippen LogP) is 1.54. The predicted molar refractivity (Wildman–Crippen MR) is 41.0 cm³/mol. The van der Waals surface area contributed by atoms with Crippen LogP contribution in [0.3, 0.4) is 0 Å². The highest BCUT2D eigenvalue weighted by atomic mass is 16.3. The van der Waals surface area contributed by atoms with Crippen molar-refractivity contribution in [2.45, 2.75) is 0 Å². The van der Waals surface area contributed by atoms with Gasteiger partial charge in [-0.1, -0.05) is 0 Å². The molecule has 0 fully saturated rings. The summed E-state index contributed by atoms with van der Waals surface area (Å²) in [6, 6.07) is 6.16. The van der Waals surface area contributed by atoms with Crippen molar-refractivity contribution >= 4 is 11.4 Å². The Kier molecular flexibility index (Phi) is 1.83. The van der Waals surface area contributed by atoms with Crippen LogP contribution in [0.2, 0.25) is 0 Å². The summed E-state index contributed by atoms with van der Waals surface area (Å²) < 4.78 is 0. The summed E-state index contributed by atoms with van der Waals surface area (Å²) in [6.07, 6.45) is 0. The monoisotopic (exact) mass is 147 g/mol. The molecule has 4 heteroatoms. The maximum absolute atomic E-state index is 9.97. The van der Waals surface area contributed by atoms with Gasteiger partial charge in [0.25, 0.3) is 0 Å². The summed E-state index contributed by atoms with van der Waals surface area (Å²) in [7, 11) is 0. The Morgan fingerprint density at radius 1 is 1.55 bits per heavy atom. The Hall–Kier alpha value is -1.89. The van der Waals surface area contributed by atoms with Gasteiger partial charge in [0.2, 0.25) is 0 Å². The molecule has 1 aromatic rings. The van der Waals surface area contributed by atoms with Gasteiger partial charge in [0.05, 0.1) is 11.3 Å². The molecule has 0 saturated heterocycles. The first kappa shape index (κ1) is 7.22. The van der Waals surface area contributed by atoms with E-state index in [1.165, 1.54) is 18.2 Å². The Morgan fingerprint density at radius 3 is 2.73 bits per heavy atom. The molecule has 0 spiro atoms. The number of nitrogens with two attached hydrogens (primary N) is 1. The molecule has 0 amide bonds. The average molecular weight is 147 g/mol. The molecule has 1 rings (SSSR count). The highest BCUT2D eigenvalue weighted by molar-refractivity contribution is 5.60. The summed E-state index contributed by atoms with van der Waals surface area (Å²) in [5, 5.41) is 11.1. The first-order valence-corrected chi connectivity index (χ1v) is 2.91. The van der Waals surface area contributed by atoms with Gasteiger partial charge >= 0.3 is 0 Å². The van der Waals surface area contributed by atoms with E-state index in [2.05, 4.69) is 5.18 Å². The van der Waals surface area contributed by atoms with E-state index < -0.39 is 0 Å². The zero-order valence-electron chi connectivity index (χ0n) is 5.61. The molecule has 0 unspecified atom stereocenters. The van der Waals surface area contributed by atoms with Crippen molar-refractivity contribution in [2.24, 2.45) is 5.18 Å². The van der Waals surface area contributed by atoms with Crippen LogP contribution in [-0.2, 0) is 0 Å². The molecule has 0 bridgehead atoms. The first-order valence-electron chi connectivity index (χ1n) is 2.91. The van der Waals surface area contributed by atoms with Crippen molar-refractivity contribution in [1.82, 2.24) is 0 Å². The van der Waals surface area contributed by atoms with E-state index >= 15 is 0 Å². The van der Waals surface area contributed by atoms with Crippen molar-refractivity contribution in [3.8, 4) is 6.07 Å². The number of nitroso groups, excluding NO2 is 1. The number of anilines is 1. The Balaban J connectivity index is 3.22. The lowest BCUT2D eigenvalue weighted by Crippen LogP contribution is -1.88. The summed E-state index contributed by atoms with van der Waals surface area (Å²) in [5.74, 6) is 0. The number of hydrogen-bond donors (Lipinski definition) is 1. The van der Waals surface area contributed by atoms with Crippen LogP contribution >= 0.6 is 0 Å². The largest absolute Gasteiger partial charge is 0.398 e. The summed E-state index contributed by atoms with van der Waals surface area (Å²) in [4.78, 5) is 9.97. The van der Waals surface area contributed by atoms with Gasteiger partial charge in [-0.3, -0.25) is 0 Å². The molecule has 1 aromatic carbocycles. The second-order valence-corrected chi connectivity index (χ2v) is 1.97. The molecule has 0 aliphatic heterocycles. The summed E-state index contributed by atoms with van der Waals surface area (Å²) >= 11 is 0. The third-order valence-electron chi connectivity index (χ3n) is 1.26. The third kappa shape index (κ3) is 1.33. The van der Waals surface area contributed by atoms with Crippen molar-refractivity contribution in [3.05, 3.63) is 28.7 Å². The van der Waals surface area contributed by atoms with Crippen molar-refractivity contribution in [1.29, 1.82) is 5.26 Å². The van der Waals surface area contributed by atoms with E-state index in [0.717, 1.165) is 0 Å². The number of benzene rings is 1. The third-order valence-corrected chi connectivity index (χ3v) is 1.26. The molecule has 0 atom stereocenters. The van der Waals surface area contributed by atoms with E-state index in [9.17, 15) is 4.91 Å². The smallest absolute Gasteiger partial charge is 0.110 e. The molecule has 0 aliphatic carbocycles. The molecular weight excluding hydrogens is 142 g/mol.